The summed E-state index contributed by atoms with van der Waals surface area (Å²) in [4.78, 5) is 7.48. The highest BCUT2D eigenvalue weighted by atomic mass is 19.4. The molecule has 3 nitrogen and oxygen atoms in total. The zero-order valence-corrected chi connectivity index (χ0v) is 8.44. The van der Waals surface area contributed by atoms with Crippen molar-refractivity contribution in [3.05, 3.63) is 42.2 Å². The molecule has 0 saturated heterocycles. The maximum Gasteiger partial charge on any atom is 0.417 e. The summed E-state index contributed by atoms with van der Waals surface area (Å²) < 4.78 is 36.9. The van der Waals surface area contributed by atoms with Crippen LogP contribution in [0, 0.1) is 0 Å². The molecule has 0 atom stereocenters. The van der Waals surface area contributed by atoms with Crippen molar-refractivity contribution in [3.63, 3.8) is 0 Å². The van der Waals surface area contributed by atoms with Crippen molar-refractivity contribution in [2.24, 2.45) is 0 Å². The summed E-state index contributed by atoms with van der Waals surface area (Å²) in [6.07, 6.45) is -2.28. The second kappa shape index (κ2) is 4.04. The Bertz CT molecular complexity index is 523. The van der Waals surface area contributed by atoms with E-state index in [4.69, 9.17) is 0 Å². The van der Waals surface area contributed by atoms with Crippen LogP contribution < -0.4 is 0 Å². The Kier molecular flexibility index (Phi) is 2.71. The van der Waals surface area contributed by atoms with Crippen molar-refractivity contribution < 1.29 is 18.3 Å². The molecule has 0 aromatic carbocycles. The molecule has 0 spiro atoms. The van der Waals surface area contributed by atoms with E-state index < -0.39 is 11.7 Å². The van der Waals surface area contributed by atoms with Crippen LogP contribution in [0.4, 0.5) is 13.2 Å². The van der Waals surface area contributed by atoms with Crippen molar-refractivity contribution in [2.45, 2.75) is 6.18 Å². The van der Waals surface area contributed by atoms with Gasteiger partial charge in [0.1, 0.15) is 11.4 Å². The van der Waals surface area contributed by atoms with Gasteiger partial charge < -0.3 is 5.11 Å². The standard InChI is InChI=1S/C11H7F3N2O/c12-11(13,14)7-3-4-8(16-6-7)10-9(17)2-1-5-15-10/h1-6,17H. The van der Waals surface area contributed by atoms with Crippen LogP contribution in [0.2, 0.25) is 0 Å². The summed E-state index contributed by atoms with van der Waals surface area (Å²) in [5, 5.41) is 9.47. The van der Waals surface area contributed by atoms with Gasteiger partial charge in [-0.15, -0.1) is 0 Å². The third kappa shape index (κ3) is 2.35. The SMILES string of the molecule is Oc1cccnc1-c1ccc(C(F)(F)F)cn1. The van der Waals surface area contributed by atoms with Crippen molar-refractivity contribution >= 4 is 0 Å². The van der Waals surface area contributed by atoms with Crippen LogP contribution in [0.3, 0.4) is 0 Å². The molecule has 2 aromatic heterocycles. The third-order valence-corrected chi connectivity index (χ3v) is 2.12. The highest BCUT2D eigenvalue weighted by Crippen LogP contribution is 2.30. The second-order valence-electron chi connectivity index (χ2n) is 3.30. The first-order chi connectivity index (χ1) is 7.98. The van der Waals surface area contributed by atoms with E-state index in [2.05, 4.69) is 9.97 Å². The van der Waals surface area contributed by atoms with Crippen molar-refractivity contribution in [2.75, 3.05) is 0 Å². The van der Waals surface area contributed by atoms with Gasteiger partial charge in [0.25, 0.3) is 0 Å². The lowest BCUT2D eigenvalue weighted by molar-refractivity contribution is -0.137. The Balaban J connectivity index is 2.40. The fourth-order valence-electron chi connectivity index (χ4n) is 1.30. The van der Waals surface area contributed by atoms with Gasteiger partial charge in [0.05, 0.1) is 11.3 Å². The minimum Gasteiger partial charge on any atom is -0.506 e. The molecule has 0 fully saturated rings. The number of aromatic nitrogens is 2. The molecule has 0 aliphatic rings. The summed E-state index contributed by atoms with van der Waals surface area (Å²) >= 11 is 0. The van der Waals surface area contributed by atoms with E-state index in [-0.39, 0.29) is 17.1 Å². The molecule has 0 aliphatic heterocycles. The molecule has 2 rings (SSSR count). The minimum atomic E-state index is -4.42. The third-order valence-electron chi connectivity index (χ3n) is 2.12. The molecule has 1 N–H and O–H groups in total. The Morgan fingerprint density at radius 1 is 1.06 bits per heavy atom. The van der Waals surface area contributed by atoms with Gasteiger partial charge in [-0.1, -0.05) is 0 Å². The lowest BCUT2D eigenvalue weighted by Crippen LogP contribution is -2.05. The van der Waals surface area contributed by atoms with Crippen LogP contribution in [-0.2, 0) is 6.18 Å². The summed E-state index contributed by atoms with van der Waals surface area (Å²) in [6.45, 7) is 0. The highest BCUT2D eigenvalue weighted by Gasteiger charge is 2.30. The molecular weight excluding hydrogens is 233 g/mol. The number of hydrogen-bond acceptors (Lipinski definition) is 3. The van der Waals surface area contributed by atoms with Crippen molar-refractivity contribution in [1.82, 2.24) is 9.97 Å². The molecule has 0 amide bonds. The molecule has 2 aromatic rings. The number of rotatable bonds is 1. The summed E-state index contributed by atoms with van der Waals surface area (Å²) in [5.74, 6) is -0.125. The molecule has 0 saturated carbocycles. The van der Waals surface area contributed by atoms with E-state index in [0.29, 0.717) is 6.20 Å². The van der Waals surface area contributed by atoms with Gasteiger partial charge in [-0.3, -0.25) is 9.97 Å². The van der Waals surface area contributed by atoms with Crippen LogP contribution in [0.1, 0.15) is 5.56 Å². The maximum atomic E-state index is 12.3. The average molecular weight is 240 g/mol. The van der Waals surface area contributed by atoms with Crippen LogP contribution in [0.5, 0.6) is 5.75 Å². The number of hydrogen-bond donors (Lipinski definition) is 1. The van der Waals surface area contributed by atoms with Gasteiger partial charge in [0.15, 0.2) is 0 Å². The first-order valence-corrected chi connectivity index (χ1v) is 4.66. The maximum absolute atomic E-state index is 12.3. The molecule has 2 heterocycles. The van der Waals surface area contributed by atoms with Crippen LogP contribution in [-0.4, -0.2) is 15.1 Å². The van der Waals surface area contributed by atoms with Gasteiger partial charge in [-0.25, -0.2) is 0 Å². The molecular formula is C11H7F3N2O. The Hall–Kier alpha value is -2.11. The van der Waals surface area contributed by atoms with Crippen molar-refractivity contribution in [3.8, 4) is 17.1 Å². The fraction of sp³-hybridized carbons (Fsp3) is 0.0909. The zero-order chi connectivity index (χ0) is 12.5. The number of halogens is 3. The van der Waals surface area contributed by atoms with Crippen molar-refractivity contribution in [1.29, 1.82) is 0 Å². The van der Waals surface area contributed by atoms with Crippen LogP contribution in [0.15, 0.2) is 36.7 Å². The predicted octanol–water partition coefficient (Wildman–Crippen LogP) is 2.87. The predicted molar refractivity (Wildman–Crippen MR) is 54.1 cm³/mol. The topological polar surface area (TPSA) is 46.0 Å². The number of aromatic hydroxyl groups is 1. The number of alkyl halides is 3. The second-order valence-corrected chi connectivity index (χ2v) is 3.30. The highest BCUT2D eigenvalue weighted by molar-refractivity contribution is 5.61. The normalized spacial score (nSPS) is 11.5. The summed E-state index contributed by atoms with van der Waals surface area (Å²) in [7, 11) is 0. The average Bonchev–Trinajstić information content (AvgIpc) is 2.29. The van der Waals surface area contributed by atoms with Gasteiger partial charge in [-0.05, 0) is 24.3 Å². The van der Waals surface area contributed by atoms with Gasteiger partial charge >= 0.3 is 6.18 Å². The lowest BCUT2D eigenvalue weighted by Gasteiger charge is -2.07. The first kappa shape index (κ1) is 11.4. The Morgan fingerprint density at radius 3 is 2.35 bits per heavy atom. The van der Waals surface area contributed by atoms with Crippen LogP contribution >= 0.6 is 0 Å². The Morgan fingerprint density at radius 2 is 1.82 bits per heavy atom. The number of pyridine rings is 2. The van der Waals surface area contributed by atoms with E-state index in [1.54, 1.807) is 0 Å². The van der Waals surface area contributed by atoms with Gasteiger partial charge in [0, 0.05) is 12.4 Å². The molecule has 0 aliphatic carbocycles. The first-order valence-electron chi connectivity index (χ1n) is 4.66. The van der Waals surface area contributed by atoms with E-state index in [1.165, 1.54) is 24.4 Å². The van der Waals surface area contributed by atoms with E-state index in [1.807, 2.05) is 0 Å². The van der Waals surface area contributed by atoms with Gasteiger partial charge in [0.2, 0.25) is 0 Å². The molecule has 88 valence electrons. The molecule has 0 radical (unpaired) electrons. The number of nitrogens with zero attached hydrogens (tertiary/aromatic N) is 2. The molecule has 0 bridgehead atoms. The summed E-state index contributed by atoms with van der Waals surface area (Å²) in [6, 6.07) is 4.98. The lowest BCUT2D eigenvalue weighted by atomic mass is 10.2. The van der Waals surface area contributed by atoms with E-state index >= 15 is 0 Å². The fourth-order valence-corrected chi connectivity index (χ4v) is 1.30. The Labute approximate surface area is 94.6 Å². The van der Waals surface area contributed by atoms with E-state index in [9.17, 15) is 18.3 Å². The van der Waals surface area contributed by atoms with E-state index in [0.717, 1.165) is 6.07 Å². The zero-order valence-electron chi connectivity index (χ0n) is 8.44. The molecule has 17 heavy (non-hydrogen) atoms. The molecule has 6 heteroatoms. The quantitative estimate of drug-likeness (QED) is 0.833. The largest absolute Gasteiger partial charge is 0.506 e. The summed E-state index contributed by atoms with van der Waals surface area (Å²) in [5.41, 5.74) is -0.492. The monoisotopic (exact) mass is 240 g/mol. The smallest absolute Gasteiger partial charge is 0.417 e. The van der Waals surface area contributed by atoms with Crippen LogP contribution in [0.25, 0.3) is 11.4 Å². The minimum absolute atomic E-state index is 0.125. The molecule has 0 unspecified atom stereocenters. The van der Waals surface area contributed by atoms with Gasteiger partial charge in [-0.2, -0.15) is 13.2 Å².